The summed E-state index contributed by atoms with van der Waals surface area (Å²) in [5.74, 6) is 0.0372. The minimum Gasteiger partial charge on any atom is -0.375 e. The van der Waals surface area contributed by atoms with Crippen LogP contribution < -0.4 is 11.1 Å². The number of hydrogen-bond acceptors (Lipinski definition) is 3. The minimum atomic E-state index is -0.440. The fraction of sp³-hybridized carbons (Fsp3) is 0.917. The van der Waals surface area contributed by atoms with Gasteiger partial charge >= 0.3 is 0 Å². The molecule has 4 nitrogen and oxygen atoms in total. The lowest BCUT2D eigenvalue weighted by molar-refractivity contribution is -0.125. The average molecular weight is 228 g/mol. The monoisotopic (exact) mass is 228 g/mol. The minimum absolute atomic E-state index is 0.0372. The highest BCUT2D eigenvalue weighted by molar-refractivity contribution is 5.77. The Morgan fingerprint density at radius 2 is 2.19 bits per heavy atom. The van der Waals surface area contributed by atoms with Crippen molar-refractivity contribution in [3.8, 4) is 0 Å². The number of nitrogens with two attached hydrogens (primary N) is 1. The van der Waals surface area contributed by atoms with E-state index in [1.54, 1.807) is 0 Å². The smallest absolute Gasteiger partial charge is 0.222 e. The van der Waals surface area contributed by atoms with Gasteiger partial charge in [-0.05, 0) is 40.5 Å². The number of nitrogens with one attached hydrogen (secondary N) is 1. The molecule has 3 N–H and O–H groups in total. The van der Waals surface area contributed by atoms with E-state index in [1.165, 1.54) is 0 Å². The highest BCUT2D eigenvalue weighted by Crippen LogP contribution is 2.24. The molecule has 1 atom stereocenters. The van der Waals surface area contributed by atoms with Crippen LogP contribution in [-0.2, 0) is 9.53 Å². The Bertz CT molecular complexity index is 256. The molecule has 1 fully saturated rings. The number of carbonyl (C=O) groups excluding carboxylic acids is 1. The molecule has 4 heteroatoms. The van der Waals surface area contributed by atoms with Crippen LogP contribution >= 0.6 is 0 Å². The van der Waals surface area contributed by atoms with Gasteiger partial charge < -0.3 is 15.8 Å². The first kappa shape index (κ1) is 13.5. The summed E-state index contributed by atoms with van der Waals surface area (Å²) in [5, 5.41) is 3.03. The zero-order chi connectivity index (χ0) is 12.4. The second-order valence-corrected chi connectivity index (χ2v) is 6.03. The van der Waals surface area contributed by atoms with Crippen molar-refractivity contribution in [3.05, 3.63) is 0 Å². The van der Waals surface area contributed by atoms with E-state index < -0.39 is 5.54 Å². The molecule has 0 aromatic rings. The molecule has 1 aliphatic rings. The highest BCUT2D eigenvalue weighted by atomic mass is 16.5. The van der Waals surface area contributed by atoms with Crippen LogP contribution in [0.1, 0.15) is 47.0 Å². The van der Waals surface area contributed by atoms with E-state index in [-0.39, 0.29) is 17.6 Å². The lowest BCUT2D eigenvalue weighted by Crippen LogP contribution is -2.48. The molecule has 0 bridgehead atoms. The molecule has 0 spiro atoms. The van der Waals surface area contributed by atoms with Crippen LogP contribution in [0.5, 0.6) is 0 Å². The van der Waals surface area contributed by atoms with Crippen LogP contribution in [0, 0.1) is 0 Å². The normalized spacial score (nSPS) is 25.2. The van der Waals surface area contributed by atoms with Crippen LogP contribution in [0.15, 0.2) is 0 Å². The van der Waals surface area contributed by atoms with Crippen molar-refractivity contribution in [1.29, 1.82) is 0 Å². The third-order valence-electron chi connectivity index (χ3n) is 2.68. The van der Waals surface area contributed by atoms with E-state index in [2.05, 4.69) is 19.2 Å². The van der Waals surface area contributed by atoms with Gasteiger partial charge in [-0.3, -0.25) is 4.79 Å². The van der Waals surface area contributed by atoms with E-state index in [9.17, 15) is 4.79 Å². The molecule has 1 rings (SSSR count). The van der Waals surface area contributed by atoms with Crippen molar-refractivity contribution < 1.29 is 9.53 Å². The first-order chi connectivity index (χ1) is 7.18. The molecule has 0 radical (unpaired) electrons. The molecule has 1 aliphatic heterocycles. The molecule has 1 saturated heterocycles. The molecular formula is C12H24N2O2. The van der Waals surface area contributed by atoms with Crippen LogP contribution in [0.4, 0.5) is 0 Å². The Morgan fingerprint density at radius 1 is 1.56 bits per heavy atom. The third kappa shape index (κ3) is 4.94. The Morgan fingerprint density at radius 3 is 2.69 bits per heavy atom. The number of carbonyl (C=O) groups is 1. The fourth-order valence-electron chi connectivity index (χ4n) is 2.05. The van der Waals surface area contributed by atoms with Gasteiger partial charge in [0.1, 0.15) is 0 Å². The maximum atomic E-state index is 11.7. The van der Waals surface area contributed by atoms with Crippen LogP contribution in [-0.4, -0.2) is 29.7 Å². The predicted molar refractivity (Wildman–Crippen MR) is 64.1 cm³/mol. The molecule has 1 unspecified atom stereocenters. The van der Waals surface area contributed by atoms with E-state index in [0.29, 0.717) is 13.0 Å². The molecule has 0 aromatic heterocycles. The SMILES string of the molecule is CC(C)(N)CC(=O)NC1CCOC(C)(C)C1. The molecular weight excluding hydrogens is 204 g/mol. The van der Waals surface area contributed by atoms with Crippen molar-refractivity contribution in [2.24, 2.45) is 5.73 Å². The van der Waals surface area contributed by atoms with Gasteiger partial charge in [0.25, 0.3) is 0 Å². The summed E-state index contributed by atoms with van der Waals surface area (Å²) in [6, 6.07) is 0.221. The summed E-state index contributed by atoms with van der Waals surface area (Å²) in [6.45, 7) is 8.54. The lowest BCUT2D eigenvalue weighted by Gasteiger charge is -2.36. The molecule has 0 aromatic carbocycles. The molecule has 16 heavy (non-hydrogen) atoms. The summed E-state index contributed by atoms with van der Waals surface area (Å²) in [7, 11) is 0. The molecule has 1 heterocycles. The second-order valence-electron chi connectivity index (χ2n) is 6.03. The van der Waals surface area contributed by atoms with E-state index in [0.717, 1.165) is 12.8 Å². The van der Waals surface area contributed by atoms with Gasteiger partial charge in [0.2, 0.25) is 5.91 Å². The standard InChI is InChI=1S/C12H24N2O2/c1-11(2,13)8-10(15)14-9-5-6-16-12(3,4)7-9/h9H,5-8,13H2,1-4H3,(H,14,15). The van der Waals surface area contributed by atoms with Gasteiger partial charge in [0, 0.05) is 24.6 Å². The van der Waals surface area contributed by atoms with Gasteiger partial charge in [0.15, 0.2) is 0 Å². The van der Waals surface area contributed by atoms with Crippen LogP contribution in [0.3, 0.4) is 0 Å². The molecule has 0 saturated carbocycles. The topological polar surface area (TPSA) is 64.4 Å². The van der Waals surface area contributed by atoms with Gasteiger partial charge in [-0.1, -0.05) is 0 Å². The van der Waals surface area contributed by atoms with Crippen molar-refractivity contribution >= 4 is 5.91 Å². The quantitative estimate of drug-likeness (QED) is 0.762. The Balaban J connectivity index is 2.40. The van der Waals surface area contributed by atoms with Crippen molar-refractivity contribution in [3.63, 3.8) is 0 Å². The van der Waals surface area contributed by atoms with Crippen molar-refractivity contribution in [2.75, 3.05) is 6.61 Å². The molecule has 1 amide bonds. The number of hydrogen-bond donors (Lipinski definition) is 2. The van der Waals surface area contributed by atoms with Gasteiger partial charge in [-0.2, -0.15) is 0 Å². The summed E-state index contributed by atoms with van der Waals surface area (Å²) in [6.07, 6.45) is 2.12. The number of amides is 1. The second kappa shape index (κ2) is 4.72. The first-order valence-corrected chi connectivity index (χ1v) is 5.90. The van der Waals surface area contributed by atoms with Crippen LogP contribution in [0.2, 0.25) is 0 Å². The summed E-state index contributed by atoms with van der Waals surface area (Å²) >= 11 is 0. The Kier molecular flexibility index (Phi) is 3.97. The third-order valence-corrected chi connectivity index (χ3v) is 2.68. The van der Waals surface area contributed by atoms with Crippen molar-refractivity contribution in [2.45, 2.75) is 64.1 Å². The lowest BCUT2D eigenvalue weighted by atomic mass is 9.93. The summed E-state index contributed by atoms with van der Waals surface area (Å²) < 4.78 is 5.60. The predicted octanol–water partition coefficient (Wildman–Crippen LogP) is 1.19. The van der Waals surface area contributed by atoms with Gasteiger partial charge in [-0.25, -0.2) is 0 Å². The number of rotatable bonds is 3. The Hall–Kier alpha value is -0.610. The van der Waals surface area contributed by atoms with Gasteiger partial charge in [0.05, 0.1) is 5.60 Å². The zero-order valence-corrected chi connectivity index (χ0v) is 10.8. The van der Waals surface area contributed by atoms with E-state index >= 15 is 0 Å². The van der Waals surface area contributed by atoms with Gasteiger partial charge in [-0.15, -0.1) is 0 Å². The van der Waals surface area contributed by atoms with E-state index in [4.69, 9.17) is 10.5 Å². The highest BCUT2D eigenvalue weighted by Gasteiger charge is 2.30. The Labute approximate surface area is 97.9 Å². The first-order valence-electron chi connectivity index (χ1n) is 5.90. The maximum absolute atomic E-state index is 11.7. The van der Waals surface area contributed by atoms with Crippen LogP contribution in [0.25, 0.3) is 0 Å². The molecule has 0 aliphatic carbocycles. The maximum Gasteiger partial charge on any atom is 0.222 e. The zero-order valence-electron chi connectivity index (χ0n) is 10.8. The number of ether oxygens (including phenoxy) is 1. The van der Waals surface area contributed by atoms with E-state index in [1.807, 2.05) is 13.8 Å². The largest absolute Gasteiger partial charge is 0.375 e. The van der Waals surface area contributed by atoms with Crippen molar-refractivity contribution in [1.82, 2.24) is 5.32 Å². The molecule has 94 valence electrons. The average Bonchev–Trinajstić information content (AvgIpc) is 1.96. The summed E-state index contributed by atoms with van der Waals surface area (Å²) in [5.41, 5.74) is 5.24. The fourth-order valence-corrected chi connectivity index (χ4v) is 2.05. The summed E-state index contributed by atoms with van der Waals surface area (Å²) in [4.78, 5) is 11.7.